The van der Waals surface area contributed by atoms with Crippen LogP contribution in [0.25, 0.3) is 70.7 Å². The number of nitrogens with zero attached hydrogens (tertiary/aromatic N) is 1. The second-order valence-electron chi connectivity index (χ2n) is 8.81. The van der Waals surface area contributed by atoms with Crippen molar-refractivity contribution in [2.45, 2.75) is 0 Å². The highest BCUT2D eigenvalue weighted by Crippen LogP contribution is 2.41. The molecule has 0 fully saturated rings. The number of H-pyrrole nitrogens is 1. The van der Waals surface area contributed by atoms with Gasteiger partial charge in [0.25, 0.3) is 0 Å². The fourth-order valence-corrected chi connectivity index (χ4v) is 5.73. The van der Waals surface area contributed by atoms with Crippen molar-refractivity contribution in [3.05, 3.63) is 84.9 Å². The van der Waals surface area contributed by atoms with E-state index in [0.29, 0.717) is 0 Å². The van der Waals surface area contributed by atoms with Gasteiger partial charge < -0.3 is 9.38 Å². The standard InChI is InChI=1S/C28H17BN2/c29-16-9-11-24-22(13-16)18-10-8-15-12-23-20-6-3-5-19-17-4-1-2-7-25(17)31(28(19)20)26(23)14-21(15)27(18)30-24/h1-14,30H,29H2. The molecule has 3 heteroatoms. The highest BCUT2D eigenvalue weighted by Gasteiger charge is 2.18. The largest absolute Gasteiger partial charge is 0.354 e. The number of para-hydroxylation sites is 2. The van der Waals surface area contributed by atoms with Crippen molar-refractivity contribution in [1.82, 2.24) is 9.38 Å². The first-order valence-electron chi connectivity index (χ1n) is 10.8. The number of nitrogens with one attached hydrogen (secondary N) is 1. The molecule has 3 aromatic heterocycles. The lowest BCUT2D eigenvalue weighted by Gasteiger charge is -2.03. The Bertz CT molecular complexity index is 2010. The van der Waals surface area contributed by atoms with Crippen molar-refractivity contribution in [3.8, 4) is 0 Å². The molecule has 0 saturated carbocycles. The Labute approximate surface area is 178 Å². The molecule has 2 nitrogen and oxygen atoms in total. The molecule has 1 N–H and O–H groups in total. The molecule has 0 unspecified atom stereocenters. The molecule has 5 aromatic carbocycles. The maximum atomic E-state index is 3.71. The summed E-state index contributed by atoms with van der Waals surface area (Å²) in [6.07, 6.45) is 0. The number of benzene rings is 5. The molecule has 142 valence electrons. The predicted molar refractivity (Wildman–Crippen MR) is 136 cm³/mol. The molecule has 0 bridgehead atoms. The van der Waals surface area contributed by atoms with Crippen molar-refractivity contribution < 1.29 is 0 Å². The van der Waals surface area contributed by atoms with E-state index in [4.69, 9.17) is 0 Å². The summed E-state index contributed by atoms with van der Waals surface area (Å²) in [5.41, 5.74) is 7.61. The second-order valence-corrected chi connectivity index (χ2v) is 8.81. The summed E-state index contributed by atoms with van der Waals surface area (Å²) >= 11 is 0. The molecular formula is C28H17BN2. The zero-order valence-electron chi connectivity index (χ0n) is 17.0. The van der Waals surface area contributed by atoms with Crippen LogP contribution in [0.1, 0.15) is 0 Å². The van der Waals surface area contributed by atoms with Crippen LogP contribution in [-0.4, -0.2) is 17.2 Å². The lowest BCUT2D eigenvalue weighted by atomic mass is 9.94. The number of hydrogen-bond donors (Lipinski definition) is 1. The van der Waals surface area contributed by atoms with Crippen molar-refractivity contribution in [2.24, 2.45) is 0 Å². The third kappa shape index (κ3) is 1.81. The van der Waals surface area contributed by atoms with E-state index in [2.05, 4.69) is 102 Å². The first-order valence-corrected chi connectivity index (χ1v) is 10.8. The number of rotatable bonds is 0. The van der Waals surface area contributed by atoms with Crippen LogP contribution in [0.3, 0.4) is 0 Å². The SMILES string of the molecule is Bc1ccc2[nH]c3c4cc5c(cc4ccc3c2c1)c1cccc2c3ccccc3n5c21. The van der Waals surface area contributed by atoms with Gasteiger partial charge in [0.05, 0.1) is 22.1 Å². The quantitative estimate of drug-likeness (QED) is 0.311. The number of fused-ring (bicyclic) bond motifs is 11. The van der Waals surface area contributed by atoms with E-state index in [-0.39, 0.29) is 0 Å². The number of aromatic nitrogens is 2. The summed E-state index contributed by atoms with van der Waals surface area (Å²) in [6.45, 7) is 0. The maximum absolute atomic E-state index is 3.71. The average Bonchev–Trinajstić information content (AvgIpc) is 3.44. The molecule has 0 spiro atoms. The molecule has 0 aliphatic heterocycles. The maximum Gasteiger partial charge on any atom is 0.139 e. The summed E-state index contributed by atoms with van der Waals surface area (Å²) in [4.78, 5) is 3.71. The molecule has 8 aromatic rings. The summed E-state index contributed by atoms with van der Waals surface area (Å²) in [5.74, 6) is 0. The van der Waals surface area contributed by atoms with Crippen molar-refractivity contribution >= 4 is 84.0 Å². The molecular weight excluding hydrogens is 375 g/mol. The van der Waals surface area contributed by atoms with Gasteiger partial charge in [-0.3, -0.25) is 0 Å². The highest BCUT2D eigenvalue weighted by molar-refractivity contribution is 6.34. The molecule has 0 aliphatic carbocycles. The minimum atomic E-state index is 1.20. The van der Waals surface area contributed by atoms with Crippen LogP contribution in [0.5, 0.6) is 0 Å². The molecule has 8 rings (SSSR count). The molecule has 31 heavy (non-hydrogen) atoms. The van der Waals surface area contributed by atoms with Gasteiger partial charge in [0.1, 0.15) is 7.85 Å². The Morgan fingerprint density at radius 3 is 2.35 bits per heavy atom. The third-order valence-corrected chi connectivity index (χ3v) is 7.09. The van der Waals surface area contributed by atoms with E-state index in [1.165, 1.54) is 76.1 Å². The molecule has 0 radical (unpaired) electrons. The Morgan fingerprint density at radius 2 is 1.42 bits per heavy atom. The van der Waals surface area contributed by atoms with Crippen molar-refractivity contribution in [3.63, 3.8) is 0 Å². The van der Waals surface area contributed by atoms with Gasteiger partial charge in [-0.2, -0.15) is 0 Å². The van der Waals surface area contributed by atoms with Crippen molar-refractivity contribution in [2.75, 3.05) is 0 Å². The Morgan fingerprint density at radius 1 is 0.581 bits per heavy atom. The fourth-order valence-electron chi connectivity index (χ4n) is 5.73. The first-order chi connectivity index (χ1) is 15.3. The zero-order valence-corrected chi connectivity index (χ0v) is 17.0. The third-order valence-electron chi connectivity index (χ3n) is 7.09. The average molecular weight is 392 g/mol. The number of aromatic amines is 1. The van der Waals surface area contributed by atoms with Gasteiger partial charge in [0.15, 0.2) is 0 Å². The van der Waals surface area contributed by atoms with Gasteiger partial charge in [-0.15, -0.1) is 0 Å². The van der Waals surface area contributed by atoms with Crippen LogP contribution < -0.4 is 5.46 Å². The van der Waals surface area contributed by atoms with Gasteiger partial charge in [-0.05, 0) is 29.7 Å². The second kappa shape index (κ2) is 5.19. The normalized spacial score (nSPS) is 12.6. The summed E-state index contributed by atoms with van der Waals surface area (Å²) in [7, 11) is 2.16. The van der Waals surface area contributed by atoms with E-state index in [1.54, 1.807) is 0 Å². The van der Waals surface area contributed by atoms with Gasteiger partial charge in [0, 0.05) is 43.2 Å². The van der Waals surface area contributed by atoms with Gasteiger partial charge in [0.2, 0.25) is 0 Å². The van der Waals surface area contributed by atoms with Crippen LogP contribution in [0.15, 0.2) is 84.9 Å². The highest BCUT2D eigenvalue weighted by atomic mass is 14.9. The summed E-state index contributed by atoms with van der Waals surface area (Å²) in [5, 5.41) is 10.5. The zero-order chi connectivity index (χ0) is 20.3. The Kier molecular flexibility index (Phi) is 2.65. The molecule has 3 heterocycles. The van der Waals surface area contributed by atoms with Gasteiger partial charge >= 0.3 is 0 Å². The van der Waals surface area contributed by atoms with Crippen LogP contribution in [0.2, 0.25) is 0 Å². The topological polar surface area (TPSA) is 20.2 Å². The smallest absolute Gasteiger partial charge is 0.139 e. The van der Waals surface area contributed by atoms with E-state index in [1.807, 2.05) is 0 Å². The van der Waals surface area contributed by atoms with Crippen molar-refractivity contribution in [1.29, 1.82) is 0 Å². The van der Waals surface area contributed by atoms with Crippen LogP contribution >= 0.6 is 0 Å². The molecule has 0 amide bonds. The lowest BCUT2D eigenvalue weighted by molar-refractivity contribution is 1.37. The Balaban J connectivity index is 1.65. The Hall–Kier alpha value is -3.98. The van der Waals surface area contributed by atoms with Gasteiger partial charge in [-0.25, -0.2) is 0 Å². The van der Waals surface area contributed by atoms with E-state index in [9.17, 15) is 0 Å². The minimum absolute atomic E-state index is 1.20. The predicted octanol–water partition coefficient (Wildman–Crippen LogP) is 5.88. The monoisotopic (exact) mass is 392 g/mol. The van der Waals surface area contributed by atoms with E-state index < -0.39 is 0 Å². The van der Waals surface area contributed by atoms with E-state index >= 15 is 0 Å². The summed E-state index contributed by atoms with van der Waals surface area (Å²) in [6, 6.07) is 31.4. The van der Waals surface area contributed by atoms with Crippen LogP contribution in [-0.2, 0) is 0 Å². The van der Waals surface area contributed by atoms with E-state index in [0.717, 1.165) is 0 Å². The summed E-state index contributed by atoms with van der Waals surface area (Å²) < 4.78 is 2.46. The minimum Gasteiger partial charge on any atom is -0.354 e. The number of hydrogen-bond acceptors (Lipinski definition) is 0. The molecule has 0 saturated heterocycles. The lowest BCUT2D eigenvalue weighted by Crippen LogP contribution is -1.98. The first kappa shape index (κ1) is 15.8. The molecule has 0 atom stereocenters. The van der Waals surface area contributed by atoms with Gasteiger partial charge in [-0.1, -0.05) is 66.1 Å². The fraction of sp³-hybridized carbons (Fsp3) is 0. The van der Waals surface area contributed by atoms with Crippen LogP contribution in [0, 0.1) is 0 Å². The molecule has 0 aliphatic rings. The van der Waals surface area contributed by atoms with Crippen LogP contribution in [0.4, 0.5) is 0 Å².